The van der Waals surface area contributed by atoms with E-state index in [1.165, 1.54) is 22.3 Å². The van der Waals surface area contributed by atoms with Crippen LogP contribution in [0, 0.1) is 0 Å². The van der Waals surface area contributed by atoms with Crippen molar-refractivity contribution in [3.05, 3.63) is 165 Å². The van der Waals surface area contributed by atoms with Gasteiger partial charge in [0.25, 0.3) is 0 Å². The first-order chi connectivity index (χ1) is 32.8. The molecule has 8 bridgehead atoms. The lowest BCUT2D eigenvalue weighted by atomic mass is 9.78. The van der Waals surface area contributed by atoms with Gasteiger partial charge < -0.3 is 21.4 Å². The zero-order chi connectivity index (χ0) is 50.2. The van der Waals surface area contributed by atoms with Crippen LogP contribution in [0.25, 0.3) is 90.9 Å². The minimum Gasteiger partial charge on any atom is -0.366 e. The van der Waals surface area contributed by atoms with E-state index in [1.54, 1.807) is 24.3 Å². The Balaban J connectivity index is 1.49. The monoisotopic (exact) mass is 925 g/mol. The fourth-order valence-electron chi connectivity index (χ4n) is 9.30. The SMILES string of the molecule is CC(C)(C)c1cc(-c2c3nc(c(-c4ccc(C(N)=O)cc4)c4ccc([nH]4)c(-c4cc(C(C)(C)C)cc(C(C)(C)C)c4)c4nc(c(-c5ccc(C(N)=O)cc5)c5ccc2[nH]5)C=C4)C=C3)cc(C(C)(C)C)c1. The molecule has 0 spiro atoms. The van der Waals surface area contributed by atoms with Crippen molar-refractivity contribution < 1.29 is 9.59 Å². The lowest BCUT2D eigenvalue weighted by molar-refractivity contribution is 0.0992. The fourth-order valence-corrected chi connectivity index (χ4v) is 9.30. The van der Waals surface area contributed by atoms with Crippen LogP contribution in [0.15, 0.2) is 109 Å². The summed E-state index contributed by atoms with van der Waals surface area (Å²) in [6.07, 6.45) is 8.38. The molecular weight excluding hydrogens is 861 g/mol. The molecule has 0 saturated carbocycles. The highest BCUT2D eigenvalue weighted by Crippen LogP contribution is 2.42. The second kappa shape index (κ2) is 17.1. The number of fused-ring (bicyclic) bond motifs is 8. The maximum atomic E-state index is 12.3. The number of aromatic amines is 2. The van der Waals surface area contributed by atoms with Crippen LogP contribution in [0.3, 0.4) is 0 Å². The zero-order valence-corrected chi connectivity index (χ0v) is 42.6. The number of nitrogens with one attached hydrogen (secondary N) is 2. The second-order valence-corrected chi connectivity index (χ2v) is 23.0. The summed E-state index contributed by atoms with van der Waals surface area (Å²) in [4.78, 5) is 43.6. The molecule has 0 unspecified atom stereocenters. The highest BCUT2D eigenvalue weighted by molar-refractivity contribution is 6.01. The van der Waals surface area contributed by atoms with Gasteiger partial charge in [-0.1, -0.05) is 144 Å². The molecule has 9 rings (SSSR count). The number of primary amides is 2. The number of H-pyrrole nitrogens is 2. The van der Waals surface area contributed by atoms with Gasteiger partial charge >= 0.3 is 0 Å². The largest absolute Gasteiger partial charge is 0.366 e. The second-order valence-electron chi connectivity index (χ2n) is 23.0. The van der Waals surface area contributed by atoms with E-state index in [-0.39, 0.29) is 21.7 Å². The summed E-state index contributed by atoms with van der Waals surface area (Å²) in [5.74, 6) is -0.976. The van der Waals surface area contributed by atoms with Crippen LogP contribution in [0.1, 0.15) is 149 Å². The molecule has 0 atom stereocenters. The molecular formula is C62H64N6O2. The van der Waals surface area contributed by atoms with Gasteiger partial charge in [-0.25, -0.2) is 9.97 Å². The molecule has 0 radical (unpaired) electrons. The molecule has 2 aliphatic rings. The first-order valence-electron chi connectivity index (χ1n) is 24.1. The van der Waals surface area contributed by atoms with Crippen molar-refractivity contribution in [3.63, 3.8) is 0 Å². The third kappa shape index (κ3) is 9.18. The highest BCUT2D eigenvalue weighted by atomic mass is 16.1. The van der Waals surface area contributed by atoms with Gasteiger partial charge in [-0.2, -0.15) is 0 Å². The van der Waals surface area contributed by atoms with E-state index in [0.29, 0.717) is 11.1 Å². The average molecular weight is 925 g/mol. The molecule has 2 aliphatic heterocycles. The van der Waals surface area contributed by atoms with Gasteiger partial charge in [0, 0.05) is 55.4 Å². The van der Waals surface area contributed by atoms with E-state index in [2.05, 4.69) is 178 Å². The molecule has 2 amide bonds. The van der Waals surface area contributed by atoms with Gasteiger partial charge in [-0.15, -0.1) is 0 Å². The first kappa shape index (κ1) is 47.5. The van der Waals surface area contributed by atoms with Crippen LogP contribution in [-0.2, 0) is 21.7 Å². The minimum absolute atomic E-state index is 0.138. The molecule has 6 N–H and O–H groups in total. The Hall–Kier alpha value is -7.58. The lowest BCUT2D eigenvalue weighted by Crippen LogP contribution is -2.16. The number of aromatic nitrogens is 4. The van der Waals surface area contributed by atoms with Crippen LogP contribution in [0.4, 0.5) is 0 Å². The quantitative estimate of drug-likeness (QED) is 0.132. The summed E-state index contributed by atoms with van der Waals surface area (Å²) in [5.41, 5.74) is 30.7. The Kier molecular flexibility index (Phi) is 11.6. The van der Waals surface area contributed by atoms with Crippen molar-refractivity contribution in [2.45, 2.75) is 105 Å². The molecule has 5 heterocycles. The van der Waals surface area contributed by atoms with Gasteiger partial charge in [0.05, 0.1) is 22.8 Å². The summed E-state index contributed by atoms with van der Waals surface area (Å²) in [5, 5.41) is 0. The predicted molar refractivity (Wildman–Crippen MR) is 292 cm³/mol. The third-order valence-corrected chi connectivity index (χ3v) is 13.6. The Labute approximate surface area is 412 Å². The van der Waals surface area contributed by atoms with Crippen LogP contribution < -0.4 is 11.5 Å². The molecule has 8 nitrogen and oxygen atoms in total. The molecule has 70 heavy (non-hydrogen) atoms. The van der Waals surface area contributed by atoms with Crippen molar-refractivity contribution in [2.75, 3.05) is 0 Å². The van der Waals surface area contributed by atoms with Crippen LogP contribution in [0.5, 0.6) is 0 Å². The Bertz CT molecular complexity index is 3200. The maximum Gasteiger partial charge on any atom is 0.248 e. The number of hydrogen-bond acceptors (Lipinski definition) is 4. The molecule has 0 fully saturated rings. The molecule has 4 aromatic carbocycles. The molecule has 0 aliphatic carbocycles. The number of hydrogen-bond donors (Lipinski definition) is 4. The van der Waals surface area contributed by atoms with Crippen molar-refractivity contribution in [1.82, 2.24) is 19.9 Å². The zero-order valence-electron chi connectivity index (χ0n) is 42.6. The summed E-state index contributed by atoms with van der Waals surface area (Å²) >= 11 is 0. The number of nitrogens with zero attached hydrogens (tertiary/aromatic N) is 2. The van der Waals surface area contributed by atoms with Gasteiger partial charge in [0.1, 0.15) is 0 Å². The minimum atomic E-state index is -0.488. The van der Waals surface area contributed by atoms with E-state index in [4.69, 9.17) is 21.4 Å². The van der Waals surface area contributed by atoms with Gasteiger partial charge in [-0.05, 0) is 139 Å². The van der Waals surface area contributed by atoms with Crippen molar-refractivity contribution in [3.8, 4) is 44.5 Å². The number of amides is 2. The molecule has 3 aromatic heterocycles. The van der Waals surface area contributed by atoms with Crippen molar-refractivity contribution >= 4 is 58.2 Å². The predicted octanol–water partition coefficient (Wildman–Crippen LogP) is 14.7. The van der Waals surface area contributed by atoms with Crippen molar-refractivity contribution in [2.24, 2.45) is 11.5 Å². The summed E-state index contributed by atoms with van der Waals surface area (Å²) in [7, 11) is 0. The van der Waals surface area contributed by atoms with E-state index in [0.717, 1.165) is 89.4 Å². The number of carbonyl (C=O) groups excluding carboxylic acids is 2. The normalized spacial score (nSPS) is 13.0. The molecule has 8 heteroatoms. The van der Waals surface area contributed by atoms with Gasteiger partial charge in [-0.3, -0.25) is 9.59 Å². The summed E-state index contributed by atoms with van der Waals surface area (Å²) in [6, 6.07) is 37.2. The fraction of sp³-hybridized carbons (Fsp3) is 0.258. The summed E-state index contributed by atoms with van der Waals surface area (Å²) < 4.78 is 0. The molecule has 0 saturated heterocycles. The van der Waals surface area contributed by atoms with Crippen LogP contribution in [-0.4, -0.2) is 31.8 Å². The van der Waals surface area contributed by atoms with Crippen LogP contribution in [0.2, 0.25) is 0 Å². The van der Waals surface area contributed by atoms with E-state index >= 15 is 0 Å². The van der Waals surface area contributed by atoms with Crippen LogP contribution >= 0.6 is 0 Å². The van der Waals surface area contributed by atoms with Gasteiger partial charge in [0.15, 0.2) is 0 Å². The molecule has 7 aromatic rings. The lowest BCUT2D eigenvalue weighted by Gasteiger charge is -2.26. The van der Waals surface area contributed by atoms with E-state index in [9.17, 15) is 9.59 Å². The Morgan fingerprint density at radius 3 is 0.829 bits per heavy atom. The standard InChI is InChI=1S/C62H64N6O2/c1-59(2,3)41-29-39(30-42(33-41)60(4,5)6)55-49-25-21-45(65-49)53(35-13-17-37(18-14-35)57(63)69)47-23-27-51(67-47)56(40-31-43(61(7,8)9)34-44(32-40)62(10,11)12)52-28-24-48(68-52)54(46-22-26-50(55)66-46)36-15-19-38(20-16-36)58(64)70/h13-34,65,68H,1-12H3,(H2,63,69)(H2,64,70). The van der Waals surface area contributed by atoms with E-state index in [1.807, 2.05) is 24.3 Å². The summed E-state index contributed by atoms with van der Waals surface area (Å²) in [6.45, 7) is 27.0. The Morgan fingerprint density at radius 1 is 0.357 bits per heavy atom. The first-order valence-corrected chi connectivity index (χ1v) is 24.1. The Morgan fingerprint density at radius 2 is 0.600 bits per heavy atom. The molecule has 354 valence electrons. The average Bonchev–Trinajstić information content (AvgIpc) is 4.14. The topological polar surface area (TPSA) is 144 Å². The number of rotatable bonds is 6. The van der Waals surface area contributed by atoms with E-state index < -0.39 is 11.8 Å². The number of nitrogens with two attached hydrogens (primary N) is 2. The third-order valence-electron chi connectivity index (χ3n) is 13.6. The van der Waals surface area contributed by atoms with Gasteiger partial charge in [0.2, 0.25) is 11.8 Å². The maximum absolute atomic E-state index is 12.3. The van der Waals surface area contributed by atoms with Crippen molar-refractivity contribution in [1.29, 1.82) is 0 Å². The number of benzene rings is 4. The smallest absolute Gasteiger partial charge is 0.248 e. The highest BCUT2D eigenvalue weighted by Gasteiger charge is 2.26. The number of carbonyl (C=O) groups is 2.